The summed E-state index contributed by atoms with van der Waals surface area (Å²) >= 11 is 1.50. The number of esters is 1. The van der Waals surface area contributed by atoms with E-state index < -0.39 is 34.3 Å². The van der Waals surface area contributed by atoms with Gasteiger partial charge in [-0.05, 0) is 29.5 Å². The predicted molar refractivity (Wildman–Crippen MR) is 64.5 cm³/mol. The van der Waals surface area contributed by atoms with Crippen molar-refractivity contribution in [1.29, 1.82) is 0 Å². The lowest BCUT2D eigenvalue weighted by atomic mass is 10.2. The first kappa shape index (κ1) is 14.7. The summed E-state index contributed by atoms with van der Waals surface area (Å²) < 4.78 is 29.9. The zero-order valence-electron chi connectivity index (χ0n) is 9.02. The van der Waals surface area contributed by atoms with Crippen LogP contribution < -0.4 is 0 Å². The third-order valence-electron chi connectivity index (χ3n) is 1.89. The molecule has 1 aromatic heterocycles. The number of carbonyl (C=O) groups excluding carboxylic acids is 1. The Hall–Kier alpha value is -1.39. The Kier molecular flexibility index (Phi) is 4.87. The molecule has 18 heavy (non-hydrogen) atoms. The van der Waals surface area contributed by atoms with Crippen molar-refractivity contribution < 1.29 is 23.2 Å². The molecule has 0 spiro atoms. The van der Waals surface area contributed by atoms with Crippen molar-refractivity contribution in [2.75, 3.05) is 6.61 Å². The Bertz CT molecular complexity index is 496. The molecule has 1 aromatic rings. The molecule has 0 saturated heterocycles. The minimum Gasteiger partial charge on any atom is -0.461 e. The molecule has 0 amide bonds. The van der Waals surface area contributed by atoms with Crippen molar-refractivity contribution in [3.05, 3.63) is 31.1 Å². The third kappa shape index (κ3) is 3.09. The number of pyridine rings is 1. The summed E-state index contributed by atoms with van der Waals surface area (Å²) in [4.78, 5) is 24.7. The van der Waals surface area contributed by atoms with Crippen molar-refractivity contribution in [2.45, 2.75) is 13.3 Å². The van der Waals surface area contributed by atoms with Gasteiger partial charge in [-0.3, -0.25) is 10.1 Å². The molecule has 0 N–H and O–H groups in total. The number of halogens is 3. The fourth-order valence-electron chi connectivity index (χ4n) is 1.15. The number of carbonyl (C=O) groups is 1. The van der Waals surface area contributed by atoms with Crippen molar-refractivity contribution in [1.82, 2.24) is 4.98 Å². The Balaban J connectivity index is 3.38. The van der Waals surface area contributed by atoms with E-state index in [0.717, 1.165) is 0 Å². The molecule has 0 aliphatic rings. The third-order valence-corrected chi connectivity index (χ3v) is 2.68. The second kappa shape index (κ2) is 5.98. The summed E-state index contributed by atoms with van der Waals surface area (Å²) in [6.07, 6.45) is -3.05. The van der Waals surface area contributed by atoms with Gasteiger partial charge in [0.05, 0.1) is 17.1 Å². The lowest BCUT2D eigenvalue weighted by molar-refractivity contribution is -0.386. The molecule has 1 rings (SSSR count). The lowest BCUT2D eigenvalue weighted by Crippen LogP contribution is -2.13. The van der Waals surface area contributed by atoms with E-state index in [-0.39, 0.29) is 10.3 Å². The lowest BCUT2D eigenvalue weighted by Gasteiger charge is -2.07. The molecule has 0 aliphatic heterocycles. The van der Waals surface area contributed by atoms with Gasteiger partial charge in [-0.15, -0.1) is 0 Å². The van der Waals surface area contributed by atoms with E-state index in [4.69, 9.17) is 0 Å². The molecule has 98 valence electrons. The molecule has 6 nitrogen and oxygen atoms in total. The maximum absolute atomic E-state index is 12.7. The Morgan fingerprint density at radius 2 is 2.28 bits per heavy atom. The van der Waals surface area contributed by atoms with Crippen LogP contribution in [0.15, 0.2) is 6.07 Å². The minimum atomic E-state index is -3.05. The highest BCUT2D eigenvalue weighted by Gasteiger charge is 2.27. The molecule has 0 aliphatic carbocycles. The van der Waals surface area contributed by atoms with Crippen LogP contribution in [-0.4, -0.2) is 22.5 Å². The standard InChI is InChI=1S/C9H7F2IN2O4/c1-2-18-9(15)6-4(7(10)11)3-5(14(16)17)8(12)13-6/h3,7H,2H2,1H3. The van der Waals surface area contributed by atoms with Crippen LogP contribution in [0, 0.1) is 13.8 Å². The number of aromatic nitrogens is 1. The van der Waals surface area contributed by atoms with Gasteiger partial charge in [0.15, 0.2) is 9.39 Å². The summed E-state index contributed by atoms with van der Waals surface area (Å²) in [5.74, 6) is -1.03. The van der Waals surface area contributed by atoms with E-state index in [9.17, 15) is 23.7 Å². The number of hydrogen-bond acceptors (Lipinski definition) is 5. The maximum Gasteiger partial charge on any atom is 0.357 e. The van der Waals surface area contributed by atoms with Crippen molar-refractivity contribution in [3.63, 3.8) is 0 Å². The summed E-state index contributed by atoms with van der Waals surface area (Å²) in [5, 5.41) is 10.6. The second-order valence-electron chi connectivity index (χ2n) is 3.01. The largest absolute Gasteiger partial charge is 0.461 e. The first-order chi connectivity index (χ1) is 8.38. The molecule has 0 saturated carbocycles. The van der Waals surface area contributed by atoms with Crippen LogP contribution in [0.4, 0.5) is 14.5 Å². The van der Waals surface area contributed by atoms with Gasteiger partial charge in [-0.2, -0.15) is 0 Å². The molecule has 0 aromatic carbocycles. The van der Waals surface area contributed by atoms with E-state index in [1.165, 1.54) is 29.5 Å². The summed E-state index contributed by atoms with van der Waals surface area (Å²) in [5.41, 5.74) is -1.97. The monoisotopic (exact) mass is 372 g/mol. The Morgan fingerprint density at radius 3 is 2.72 bits per heavy atom. The molecule has 0 radical (unpaired) electrons. The molecule has 0 fully saturated rings. The molecule has 0 bridgehead atoms. The smallest absolute Gasteiger partial charge is 0.357 e. The average molecular weight is 372 g/mol. The SMILES string of the molecule is CCOC(=O)c1nc(I)c([N+](=O)[O-])cc1C(F)F. The van der Waals surface area contributed by atoms with Crippen LogP contribution in [0.1, 0.15) is 29.4 Å². The number of nitrogens with zero attached hydrogens (tertiary/aromatic N) is 2. The van der Waals surface area contributed by atoms with Crippen molar-refractivity contribution in [3.8, 4) is 0 Å². The van der Waals surface area contributed by atoms with E-state index >= 15 is 0 Å². The number of hydrogen-bond donors (Lipinski definition) is 0. The highest BCUT2D eigenvalue weighted by Crippen LogP contribution is 2.29. The first-order valence-electron chi connectivity index (χ1n) is 4.68. The highest BCUT2D eigenvalue weighted by atomic mass is 127. The first-order valence-corrected chi connectivity index (χ1v) is 5.76. The molecule has 9 heteroatoms. The summed E-state index contributed by atoms with van der Waals surface area (Å²) in [7, 11) is 0. The number of nitro groups is 1. The molecule has 0 unspecified atom stereocenters. The summed E-state index contributed by atoms with van der Waals surface area (Å²) in [6, 6.07) is 0.645. The number of rotatable bonds is 4. The Morgan fingerprint density at radius 1 is 1.67 bits per heavy atom. The van der Waals surface area contributed by atoms with Crippen LogP contribution >= 0.6 is 22.6 Å². The van der Waals surface area contributed by atoms with Gasteiger partial charge >= 0.3 is 11.7 Å². The van der Waals surface area contributed by atoms with Gasteiger partial charge in [0.2, 0.25) is 0 Å². The van der Waals surface area contributed by atoms with Crippen LogP contribution in [0.3, 0.4) is 0 Å². The van der Waals surface area contributed by atoms with Crippen LogP contribution in [0.2, 0.25) is 0 Å². The van der Waals surface area contributed by atoms with Gasteiger partial charge in [-0.1, -0.05) is 0 Å². The normalized spacial score (nSPS) is 10.5. The van der Waals surface area contributed by atoms with Gasteiger partial charge in [0.1, 0.15) is 0 Å². The molecular formula is C9H7F2IN2O4. The average Bonchev–Trinajstić information content (AvgIpc) is 2.27. The molecule has 1 heterocycles. The fraction of sp³-hybridized carbons (Fsp3) is 0.333. The van der Waals surface area contributed by atoms with Gasteiger partial charge in [0, 0.05) is 6.07 Å². The topological polar surface area (TPSA) is 82.3 Å². The second-order valence-corrected chi connectivity index (χ2v) is 4.04. The molecule has 0 atom stereocenters. The number of ether oxygens (including phenoxy) is 1. The Labute approximate surface area is 114 Å². The van der Waals surface area contributed by atoms with Crippen LogP contribution in [0.5, 0.6) is 0 Å². The van der Waals surface area contributed by atoms with E-state index in [1.807, 2.05) is 0 Å². The quantitative estimate of drug-likeness (QED) is 0.267. The molecular weight excluding hydrogens is 365 g/mol. The highest BCUT2D eigenvalue weighted by molar-refractivity contribution is 14.1. The van der Waals surface area contributed by atoms with E-state index in [2.05, 4.69) is 9.72 Å². The summed E-state index contributed by atoms with van der Waals surface area (Å²) in [6.45, 7) is 1.51. The zero-order chi connectivity index (χ0) is 13.9. The number of alkyl halides is 2. The van der Waals surface area contributed by atoms with Gasteiger partial charge < -0.3 is 4.74 Å². The van der Waals surface area contributed by atoms with Gasteiger partial charge in [0.25, 0.3) is 6.43 Å². The van der Waals surface area contributed by atoms with Crippen molar-refractivity contribution >= 4 is 34.2 Å². The maximum atomic E-state index is 12.7. The van der Waals surface area contributed by atoms with E-state index in [1.54, 1.807) is 0 Å². The van der Waals surface area contributed by atoms with Gasteiger partial charge in [-0.25, -0.2) is 18.6 Å². The minimum absolute atomic E-state index is 0.00322. The predicted octanol–water partition coefficient (Wildman–Crippen LogP) is 2.71. The van der Waals surface area contributed by atoms with Crippen molar-refractivity contribution in [2.24, 2.45) is 0 Å². The van der Waals surface area contributed by atoms with Crippen LogP contribution in [0.25, 0.3) is 0 Å². The zero-order valence-corrected chi connectivity index (χ0v) is 11.2. The fourth-order valence-corrected chi connectivity index (χ4v) is 1.75. The van der Waals surface area contributed by atoms with E-state index in [0.29, 0.717) is 6.07 Å². The van der Waals surface area contributed by atoms with Crippen LogP contribution in [-0.2, 0) is 4.74 Å².